The number of hydrogen-bond donors (Lipinski definition) is 1. The molecule has 1 aliphatic rings. The quantitative estimate of drug-likeness (QED) is 0.754. The average molecular weight is 386 g/mol. The third-order valence-electron chi connectivity index (χ3n) is 4.85. The first-order chi connectivity index (χ1) is 12.7. The molecule has 6 nitrogen and oxygen atoms in total. The summed E-state index contributed by atoms with van der Waals surface area (Å²) in [6.45, 7) is 7.41. The lowest BCUT2D eigenvalue weighted by Gasteiger charge is -2.36. The zero-order chi connectivity index (χ0) is 20.1. The molecule has 0 aromatic heterocycles. The summed E-state index contributed by atoms with van der Waals surface area (Å²) in [6.07, 6.45) is 0. The molecule has 1 heterocycles. The van der Waals surface area contributed by atoms with Crippen molar-refractivity contribution in [2.24, 2.45) is 0 Å². The first-order valence-corrected chi connectivity index (χ1v) is 8.89. The van der Waals surface area contributed by atoms with Gasteiger partial charge in [-0.15, -0.1) is 0 Å². The Hall–Kier alpha value is -2.13. The van der Waals surface area contributed by atoms with Gasteiger partial charge in [-0.05, 0) is 32.6 Å². The molecule has 0 spiro atoms. The third kappa shape index (κ3) is 5.20. The largest absolute Gasteiger partial charge is 0.339 e. The van der Waals surface area contributed by atoms with Crippen LogP contribution in [0.4, 0.5) is 18.9 Å². The first kappa shape index (κ1) is 21.2. The summed E-state index contributed by atoms with van der Waals surface area (Å²) in [7, 11) is 1.60. The maximum absolute atomic E-state index is 13.6. The molecule has 9 heteroatoms. The molecule has 1 N–H and O–H groups in total. The van der Waals surface area contributed by atoms with Crippen LogP contribution in [0.5, 0.6) is 0 Å². The van der Waals surface area contributed by atoms with Crippen molar-refractivity contribution in [2.75, 3.05) is 51.6 Å². The lowest BCUT2D eigenvalue weighted by atomic mass is 10.2. The van der Waals surface area contributed by atoms with Crippen LogP contribution in [-0.4, -0.2) is 78.9 Å². The molecule has 0 saturated carbocycles. The number of benzene rings is 1. The zero-order valence-electron chi connectivity index (χ0n) is 15.8. The van der Waals surface area contributed by atoms with Crippen LogP contribution >= 0.6 is 0 Å². The fourth-order valence-electron chi connectivity index (χ4n) is 2.91. The number of likely N-dealkylation sites (N-methyl/N-ethyl adjacent to an activating group) is 2. The van der Waals surface area contributed by atoms with E-state index in [-0.39, 0.29) is 12.5 Å². The van der Waals surface area contributed by atoms with Gasteiger partial charge >= 0.3 is 0 Å². The molecule has 0 radical (unpaired) electrons. The van der Waals surface area contributed by atoms with E-state index in [9.17, 15) is 22.8 Å². The Morgan fingerprint density at radius 2 is 1.78 bits per heavy atom. The Labute approximate surface area is 156 Å². The second-order valence-corrected chi connectivity index (χ2v) is 6.62. The minimum atomic E-state index is -1.64. The monoisotopic (exact) mass is 386 g/mol. The van der Waals surface area contributed by atoms with Gasteiger partial charge in [0.05, 0.1) is 18.3 Å². The van der Waals surface area contributed by atoms with Gasteiger partial charge in [-0.3, -0.25) is 14.5 Å². The van der Waals surface area contributed by atoms with E-state index in [4.69, 9.17) is 0 Å². The first-order valence-electron chi connectivity index (χ1n) is 8.89. The Morgan fingerprint density at radius 1 is 1.15 bits per heavy atom. The number of halogens is 3. The number of carbonyl (C=O) groups excluding carboxylic acids is 2. The molecule has 150 valence electrons. The molecule has 2 amide bonds. The fourth-order valence-corrected chi connectivity index (χ4v) is 2.91. The van der Waals surface area contributed by atoms with E-state index in [0.717, 1.165) is 31.8 Å². The number of nitrogens with one attached hydrogen (secondary N) is 1. The maximum atomic E-state index is 13.6. The summed E-state index contributed by atoms with van der Waals surface area (Å²) in [5.74, 6) is -5.14. The molecule has 1 aromatic rings. The summed E-state index contributed by atoms with van der Waals surface area (Å²) in [6, 6.07) is 1.14. The molecule has 1 fully saturated rings. The number of hydrogen-bond acceptors (Lipinski definition) is 4. The van der Waals surface area contributed by atoms with E-state index in [1.165, 1.54) is 4.90 Å². The van der Waals surface area contributed by atoms with E-state index in [1.54, 1.807) is 18.9 Å². The van der Waals surface area contributed by atoms with Gasteiger partial charge in [-0.1, -0.05) is 6.92 Å². The minimum absolute atomic E-state index is 0.0833. The van der Waals surface area contributed by atoms with E-state index >= 15 is 0 Å². The molecular weight excluding hydrogens is 361 g/mol. The lowest BCUT2D eigenvalue weighted by molar-refractivity contribution is -0.138. The summed E-state index contributed by atoms with van der Waals surface area (Å²) in [4.78, 5) is 30.2. The van der Waals surface area contributed by atoms with Crippen molar-refractivity contribution in [3.63, 3.8) is 0 Å². The molecule has 1 aromatic carbocycles. The maximum Gasteiger partial charge on any atom is 0.239 e. The van der Waals surface area contributed by atoms with Crippen LogP contribution in [-0.2, 0) is 9.59 Å². The van der Waals surface area contributed by atoms with Crippen LogP contribution in [0.3, 0.4) is 0 Å². The second-order valence-electron chi connectivity index (χ2n) is 6.62. The molecule has 0 unspecified atom stereocenters. The highest BCUT2D eigenvalue weighted by atomic mass is 19.2. The topological polar surface area (TPSA) is 55.9 Å². The summed E-state index contributed by atoms with van der Waals surface area (Å²) < 4.78 is 39.8. The normalized spacial score (nSPS) is 16.5. The van der Waals surface area contributed by atoms with Crippen molar-refractivity contribution in [3.05, 3.63) is 29.6 Å². The predicted octanol–water partition coefficient (Wildman–Crippen LogP) is 1.53. The Balaban J connectivity index is 1.90. The molecule has 27 heavy (non-hydrogen) atoms. The molecular formula is C18H25F3N4O2. The lowest BCUT2D eigenvalue weighted by Crippen LogP contribution is -2.54. The summed E-state index contributed by atoms with van der Waals surface area (Å²) in [5.41, 5.74) is -0.443. The Kier molecular flexibility index (Phi) is 7.20. The van der Waals surface area contributed by atoms with Gasteiger partial charge in [-0.2, -0.15) is 0 Å². The molecule has 1 saturated heterocycles. The van der Waals surface area contributed by atoms with Crippen LogP contribution < -0.4 is 5.32 Å². The number of anilines is 1. The molecule has 1 aliphatic heterocycles. The van der Waals surface area contributed by atoms with E-state index in [0.29, 0.717) is 13.1 Å². The van der Waals surface area contributed by atoms with Crippen LogP contribution in [0.25, 0.3) is 0 Å². The standard InChI is InChI=1S/C18H25F3N4O2/c1-4-24-7-9-25(10-8-24)18(27)12(2)23(3)11-15(26)22-14-6-5-13(19)16(20)17(14)21/h5-6,12H,4,7-11H2,1-3H3,(H,22,26)/t12-/m0/s1. The summed E-state index contributed by atoms with van der Waals surface area (Å²) >= 11 is 0. The Morgan fingerprint density at radius 3 is 2.37 bits per heavy atom. The second kappa shape index (κ2) is 9.18. The van der Waals surface area contributed by atoms with E-state index in [2.05, 4.69) is 17.1 Å². The zero-order valence-corrected chi connectivity index (χ0v) is 15.8. The van der Waals surface area contributed by atoms with Gasteiger partial charge in [-0.25, -0.2) is 13.2 Å². The number of nitrogens with zero attached hydrogens (tertiary/aromatic N) is 3. The number of amides is 2. The van der Waals surface area contributed by atoms with Gasteiger partial charge in [0, 0.05) is 26.2 Å². The summed E-state index contributed by atoms with van der Waals surface area (Å²) in [5, 5.41) is 2.20. The van der Waals surface area contributed by atoms with E-state index in [1.807, 2.05) is 0 Å². The van der Waals surface area contributed by atoms with Crippen molar-refractivity contribution >= 4 is 17.5 Å². The van der Waals surface area contributed by atoms with Crippen molar-refractivity contribution in [3.8, 4) is 0 Å². The number of piperazine rings is 1. The Bertz CT molecular complexity index is 693. The van der Waals surface area contributed by atoms with Crippen LogP contribution in [0.15, 0.2) is 12.1 Å². The average Bonchev–Trinajstić information content (AvgIpc) is 2.67. The van der Waals surface area contributed by atoms with Gasteiger partial charge < -0.3 is 15.1 Å². The highest BCUT2D eigenvalue weighted by Crippen LogP contribution is 2.19. The van der Waals surface area contributed by atoms with Crippen molar-refractivity contribution in [1.29, 1.82) is 0 Å². The predicted molar refractivity (Wildman–Crippen MR) is 95.7 cm³/mol. The van der Waals surface area contributed by atoms with Crippen molar-refractivity contribution in [1.82, 2.24) is 14.7 Å². The molecule has 1 atom stereocenters. The van der Waals surface area contributed by atoms with Gasteiger partial charge in [0.15, 0.2) is 17.5 Å². The van der Waals surface area contributed by atoms with Gasteiger partial charge in [0.25, 0.3) is 0 Å². The van der Waals surface area contributed by atoms with Crippen molar-refractivity contribution < 1.29 is 22.8 Å². The highest BCUT2D eigenvalue weighted by molar-refractivity contribution is 5.93. The number of carbonyl (C=O) groups is 2. The fraction of sp³-hybridized carbons (Fsp3) is 0.556. The molecule has 2 rings (SSSR count). The SMILES string of the molecule is CCN1CCN(C(=O)[C@H](C)N(C)CC(=O)Nc2ccc(F)c(F)c2F)CC1. The van der Waals surface area contributed by atoms with Crippen molar-refractivity contribution in [2.45, 2.75) is 19.9 Å². The highest BCUT2D eigenvalue weighted by Gasteiger charge is 2.27. The van der Waals surface area contributed by atoms with Crippen LogP contribution in [0, 0.1) is 17.5 Å². The van der Waals surface area contributed by atoms with E-state index < -0.39 is 35.1 Å². The third-order valence-corrected chi connectivity index (χ3v) is 4.85. The van der Waals surface area contributed by atoms with Gasteiger partial charge in [0.1, 0.15) is 0 Å². The van der Waals surface area contributed by atoms with Crippen LogP contribution in [0.1, 0.15) is 13.8 Å². The minimum Gasteiger partial charge on any atom is -0.339 e. The van der Waals surface area contributed by atoms with Crippen LogP contribution in [0.2, 0.25) is 0 Å². The number of rotatable bonds is 6. The smallest absolute Gasteiger partial charge is 0.239 e. The van der Waals surface area contributed by atoms with Gasteiger partial charge in [0.2, 0.25) is 11.8 Å². The molecule has 0 bridgehead atoms. The molecule has 0 aliphatic carbocycles.